The molecule has 0 heterocycles. The number of hydrazone groups is 1. The van der Waals surface area contributed by atoms with Crippen molar-refractivity contribution in [1.29, 1.82) is 5.26 Å². The molecule has 0 atom stereocenters. The molecular weight excluding hydrogens is 244 g/mol. The molecule has 0 aliphatic carbocycles. The van der Waals surface area contributed by atoms with E-state index in [0.717, 1.165) is 5.56 Å². The van der Waals surface area contributed by atoms with Crippen LogP contribution in [0, 0.1) is 11.3 Å². The zero-order valence-corrected chi connectivity index (χ0v) is 11.3. The molecule has 0 aromatic heterocycles. The summed E-state index contributed by atoms with van der Waals surface area (Å²) in [7, 11) is 1.63. The molecule has 0 saturated carbocycles. The molecule has 0 bridgehead atoms. The van der Waals surface area contributed by atoms with Crippen LogP contribution in [0.4, 0.5) is 0 Å². The van der Waals surface area contributed by atoms with E-state index in [-0.39, 0.29) is 18.7 Å². The van der Waals surface area contributed by atoms with Gasteiger partial charge in [-0.15, -0.1) is 5.10 Å². The highest BCUT2D eigenvalue weighted by Crippen LogP contribution is 2.21. The van der Waals surface area contributed by atoms with Crippen molar-refractivity contribution < 1.29 is 9.47 Å². The van der Waals surface area contributed by atoms with Crippen LogP contribution in [-0.2, 0) is 11.3 Å². The minimum absolute atomic E-state index is 0.0209. The second-order valence-corrected chi connectivity index (χ2v) is 4.07. The minimum Gasteiger partial charge on any atom is -0.490 e. The minimum atomic E-state index is 0.0209. The van der Waals surface area contributed by atoms with Gasteiger partial charge < -0.3 is 20.6 Å². The standard InChI is InChI=1S/C13H18N4O2/c1-9(2)19-12-5-4-10(6-11(12)7-14)8-18-13(15)17-16-3/h4-6,9,16H,8H2,1-3H3,(H2,15,17). The van der Waals surface area contributed by atoms with E-state index in [4.69, 9.17) is 20.5 Å². The number of rotatable bonds is 5. The van der Waals surface area contributed by atoms with Crippen molar-refractivity contribution in [3.8, 4) is 11.8 Å². The zero-order valence-electron chi connectivity index (χ0n) is 11.3. The summed E-state index contributed by atoms with van der Waals surface area (Å²) in [5.74, 6) is 0.568. The van der Waals surface area contributed by atoms with Crippen molar-refractivity contribution in [2.45, 2.75) is 26.6 Å². The molecule has 0 amide bonds. The lowest BCUT2D eigenvalue weighted by Crippen LogP contribution is -2.19. The Balaban J connectivity index is 2.77. The molecule has 0 spiro atoms. The maximum Gasteiger partial charge on any atom is 0.303 e. The van der Waals surface area contributed by atoms with Crippen LogP contribution < -0.4 is 15.9 Å². The van der Waals surface area contributed by atoms with Gasteiger partial charge in [0, 0.05) is 7.05 Å². The Morgan fingerprint density at radius 1 is 1.53 bits per heavy atom. The summed E-state index contributed by atoms with van der Waals surface area (Å²) in [6.07, 6.45) is 0.0209. The highest BCUT2D eigenvalue weighted by Gasteiger charge is 2.07. The third kappa shape index (κ3) is 4.76. The number of amidine groups is 1. The summed E-state index contributed by atoms with van der Waals surface area (Å²) < 4.78 is 10.7. The summed E-state index contributed by atoms with van der Waals surface area (Å²) in [5, 5.41) is 12.8. The highest BCUT2D eigenvalue weighted by molar-refractivity contribution is 5.71. The first-order chi connectivity index (χ1) is 9.06. The van der Waals surface area contributed by atoms with E-state index < -0.39 is 0 Å². The Morgan fingerprint density at radius 3 is 2.84 bits per heavy atom. The summed E-state index contributed by atoms with van der Waals surface area (Å²) in [6.45, 7) is 4.06. The van der Waals surface area contributed by atoms with E-state index >= 15 is 0 Å². The monoisotopic (exact) mass is 262 g/mol. The number of benzene rings is 1. The van der Waals surface area contributed by atoms with Crippen molar-refractivity contribution >= 4 is 6.02 Å². The van der Waals surface area contributed by atoms with E-state index in [1.807, 2.05) is 19.9 Å². The van der Waals surface area contributed by atoms with Gasteiger partial charge in [0.05, 0.1) is 11.7 Å². The van der Waals surface area contributed by atoms with Gasteiger partial charge in [0.2, 0.25) is 0 Å². The van der Waals surface area contributed by atoms with E-state index in [1.54, 1.807) is 19.2 Å². The first-order valence-corrected chi connectivity index (χ1v) is 5.89. The second-order valence-electron chi connectivity index (χ2n) is 4.07. The van der Waals surface area contributed by atoms with Gasteiger partial charge in [-0.25, -0.2) is 0 Å². The average molecular weight is 262 g/mol. The lowest BCUT2D eigenvalue weighted by Gasteiger charge is -2.12. The Kier molecular flexibility index (Phi) is 5.48. The molecule has 1 rings (SSSR count). The molecule has 6 nitrogen and oxygen atoms in total. The van der Waals surface area contributed by atoms with Crippen LogP contribution in [0.15, 0.2) is 23.3 Å². The van der Waals surface area contributed by atoms with E-state index in [0.29, 0.717) is 11.3 Å². The van der Waals surface area contributed by atoms with E-state index in [9.17, 15) is 0 Å². The van der Waals surface area contributed by atoms with Crippen molar-refractivity contribution in [2.75, 3.05) is 7.05 Å². The number of ether oxygens (including phenoxy) is 2. The van der Waals surface area contributed by atoms with Crippen LogP contribution in [-0.4, -0.2) is 19.2 Å². The quantitative estimate of drug-likeness (QED) is 0.474. The third-order valence-electron chi connectivity index (χ3n) is 2.14. The SMILES string of the molecule is CNN=C(N)OCc1ccc(OC(C)C)c(C#N)c1. The Hall–Kier alpha value is -2.42. The van der Waals surface area contributed by atoms with Crippen LogP contribution in [0.3, 0.4) is 0 Å². The van der Waals surface area contributed by atoms with E-state index in [2.05, 4.69) is 16.6 Å². The van der Waals surface area contributed by atoms with Gasteiger partial charge in [0.1, 0.15) is 18.4 Å². The molecule has 0 fully saturated rings. The molecule has 6 heteroatoms. The number of nitrogens with zero attached hydrogens (tertiary/aromatic N) is 2. The normalized spacial score (nSPS) is 11.0. The van der Waals surface area contributed by atoms with Gasteiger partial charge in [-0.3, -0.25) is 0 Å². The first-order valence-electron chi connectivity index (χ1n) is 5.89. The zero-order chi connectivity index (χ0) is 14.3. The van der Waals surface area contributed by atoms with Crippen LogP contribution >= 0.6 is 0 Å². The molecule has 102 valence electrons. The average Bonchev–Trinajstić information content (AvgIpc) is 2.37. The smallest absolute Gasteiger partial charge is 0.303 e. The van der Waals surface area contributed by atoms with Crippen molar-refractivity contribution in [2.24, 2.45) is 10.8 Å². The number of nitriles is 1. The highest BCUT2D eigenvalue weighted by atomic mass is 16.5. The molecule has 3 N–H and O–H groups in total. The first kappa shape index (κ1) is 14.6. The lowest BCUT2D eigenvalue weighted by molar-refractivity contribution is 0.241. The van der Waals surface area contributed by atoms with Gasteiger partial charge in [-0.2, -0.15) is 5.26 Å². The molecule has 0 saturated heterocycles. The number of hydrogen-bond acceptors (Lipinski definition) is 5. The van der Waals surface area contributed by atoms with Crippen LogP contribution in [0.25, 0.3) is 0 Å². The fraction of sp³-hybridized carbons (Fsp3) is 0.385. The van der Waals surface area contributed by atoms with Crippen molar-refractivity contribution in [3.63, 3.8) is 0 Å². The Bertz CT molecular complexity index is 492. The summed E-state index contributed by atoms with van der Waals surface area (Å²) >= 11 is 0. The molecule has 0 radical (unpaired) electrons. The van der Waals surface area contributed by atoms with Crippen LogP contribution in [0.1, 0.15) is 25.0 Å². The Morgan fingerprint density at radius 2 is 2.26 bits per heavy atom. The fourth-order valence-corrected chi connectivity index (χ4v) is 1.41. The van der Waals surface area contributed by atoms with Crippen molar-refractivity contribution in [3.05, 3.63) is 29.3 Å². The summed E-state index contributed by atoms with van der Waals surface area (Å²) in [5.41, 5.74) is 9.29. The van der Waals surface area contributed by atoms with Crippen LogP contribution in [0.2, 0.25) is 0 Å². The van der Waals surface area contributed by atoms with Gasteiger partial charge >= 0.3 is 6.02 Å². The largest absolute Gasteiger partial charge is 0.490 e. The summed E-state index contributed by atoms with van der Waals surface area (Å²) in [6, 6.07) is 7.43. The topological polar surface area (TPSA) is 92.7 Å². The molecule has 0 aliphatic heterocycles. The Labute approximate surface area is 112 Å². The van der Waals surface area contributed by atoms with Crippen molar-refractivity contribution in [1.82, 2.24) is 5.43 Å². The third-order valence-corrected chi connectivity index (χ3v) is 2.14. The predicted molar refractivity (Wildman–Crippen MR) is 72.4 cm³/mol. The van der Waals surface area contributed by atoms with Gasteiger partial charge in [0.25, 0.3) is 0 Å². The maximum absolute atomic E-state index is 9.09. The van der Waals surface area contributed by atoms with Gasteiger partial charge in [-0.05, 0) is 31.5 Å². The molecular formula is C13H18N4O2. The maximum atomic E-state index is 9.09. The number of hydrogen-bond donors (Lipinski definition) is 2. The molecule has 1 aromatic rings. The fourth-order valence-electron chi connectivity index (χ4n) is 1.41. The summed E-state index contributed by atoms with van der Waals surface area (Å²) in [4.78, 5) is 0. The van der Waals surface area contributed by atoms with Crippen LogP contribution in [0.5, 0.6) is 5.75 Å². The lowest BCUT2D eigenvalue weighted by atomic mass is 10.1. The second kappa shape index (κ2) is 7.11. The van der Waals surface area contributed by atoms with Gasteiger partial charge in [-0.1, -0.05) is 6.07 Å². The number of nitrogens with one attached hydrogen (secondary N) is 1. The molecule has 0 aliphatic rings. The van der Waals surface area contributed by atoms with E-state index in [1.165, 1.54) is 0 Å². The molecule has 0 unspecified atom stereocenters. The molecule has 1 aromatic carbocycles. The number of nitrogens with two attached hydrogens (primary N) is 1. The van der Waals surface area contributed by atoms with Gasteiger partial charge in [0.15, 0.2) is 0 Å². The predicted octanol–water partition coefficient (Wildman–Crippen LogP) is 1.31. The molecule has 19 heavy (non-hydrogen) atoms.